The Hall–Kier alpha value is -5.13. The maximum absolute atomic E-state index is 13.1. The average Bonchev–Trinajstić information content (AvgIpc) is 3.63. The number of hydrogen-bond donors (Lipinski definition) is 1. The summed E-state index contributed by atoms with van der Waals surface area (Å²) in [5.74, 6) is -2.51. The lowest BCUT2D eigenvalue weighted by Gasteiger charge is -2.26. The van der Waals surface area contributed by atoms with Crippen molar-refractivity contribution in [1.82, 2.24) is 8.75 Å². The smallest absolute Gasteiger partial charge is 0.342 e. The first-order chi connectivity index (χ1) is 20.9. The van der Waals surface area contributed by atoms with Crippen molar-refractivity contribution in [1.29, 1.82) is 10.5 Å². The van der Waals surface area contributed by atoms with Gasteiger partial charge < -0.3 is 9.84 Å². The topological polar surface area (TPSA) is 137 Å². The molecule has 0 aliphatic carbocycles. The van der Waals surface area contributed by atoms with Crippen molar-refractivity contribution >= 4 is 52.4 Å². The molecule has 0 fully saturated rings. The summed E-state index contributed by atoms with van der Waals surface area (Å²) in [6.07, 6.45) is 2.99. The number of thioether (sulfide) groups is 1. The molecule has 0 spiro atoms. The molecule has 8 nitrogen and oxygen atoms in total. The van der Waals surface area contributed by atoms with Crippen molar-refractivity contribution in [2.45, 2.75) is 17.1 Å². The molecule has 43 heavy (non-hydrogen) atoms. The van der Waals surface area contributed by atoms with Crippen LogP contribution in [0.3, 0.4) is 0 Å². The Balaban J connectivity index is 0.000000314. The molecule has 1 unspecified atom stereocenters. The molecule has 1 N–H and O–H groups in total. The number of carbonyl (C=O) groups excluding carboxylic acids is 2. The second kappa shape index (κ2) is 12.8. The van der Waals surface area contributed by atoms with Crippen LogP contribution in [0.25, 0.3) is 16.6 Å². The van der Waals surface area contributed by atoms with Gasteiger partial charge in [0.25, 0.3) is 5.79 Å². The van der Waals surface area contributed by atoms with E-state index < -0.39 is 11.8 Å². The van der Waals surface area contributed by atoms with Gasteiger partial charge >= 0.3 is 5.97 Å². The normalized spacial score (nSPS) is 15.7. The molecule has 0 saturated carbocycles. The number of nitrogens with zero attached hydrogens (tertiary/aromatic N) is 4. The number of esters is 1. The number of aldehydes is 1. The van der Waals surface area contributed by atoms with E-state index in [9.17, 15) is 14.7 Å². The molecule has 0 amide bonds. The maximum Gasteiger partial charge on any atom is 0.342 e. The third-order valence-corrected chi connectivity index (χ3v) is 8.12. The SMILES string of the molecule is CSc1ccc(C2(O)OC(=O)C(c3ccc4nsnc4c3)=C2Cc2ccc(C#N)cc2)cc1.N#Cc1ccc(C=O)cc1. The van der Waals surface area contributed by atoms with Crippen LogP contribution in [0.4, 0.5) is 0 Å². The molecule has 1 aliphatic rings. The molecule has 2 heterocycles. The lowest BCUT2D eigenvalue weighted by atomic mass is 9.88. The van der Waals surface area contributed by atoms with E-state index in [0.29, 0.717) is 44.5 Å². The summed E-state index contributed by atoms with van der Waals surface area (Å²) in [6, 6.07) is 30.3. The van der Waals surface area contributed by atoms with Crippen LogP contribution in [0.15, 0.2) is 101 Å². The van der Waals surface area contributed by atoms with Crippen LogP contribution >= 0.6 is 23.5 Å². The van der Waals surface area contributed by atoms with Gasteiger partial charge in [-0.2, -0.15) is 19.3 Å². The first-order valence-electron chi connectivity index (χ1n) is 12.9. The number of aliphatic hydroxyl groups is 1. The largest absolute Gasteiger partial charge is 0.421 e. The van der Waals surface area contributed by atoms with Gasteiger partial charge in [-0.25, -0.2) is 4.79 Å². The molecule has 1 aliphatic heterocycles. The minimum atomic E-state index is -1.91. The molecule has 5 aromatic rings. The predicted octanol–water partition coefficient (Wildman–Crippen LogP) is 6.05. The van der Waals surface area contributed by atoms with E-state index in [1.54, 1.807) is 78.5 Å². The summed E-state index contributed by atoms with van der Waals surface area (Å²) in [6.45, 7) is 0. The van der Waals surface area contributed by atoms with Crippen LogP contribution in [-0.4, -0.2) is 32.4 Å². The molecule has 6 rings (SSSR count). The highest BCUT2D eigenvalue weighted by Gasteiger charge is 2.48. The zero-order valence-corrected chi connectivity index (χ0v) is 24.4. The monoisotopic (exact) mass is 602 g/mol. The Morgan fingerprint density at radius 1 is 0.907 bits per heavy atom. The van der Waals surface area contributed by atoms with Crippen LogP contribution < -0.4 is 0 Å². The quantitative estimate of drug-likeness (QED) is 0.140. The number of rotatable bonds is 6. The highest BCUT2D eigenvalue weighted by Crippen LogP contribution is 2.45. The van der Waals surface area contributed by atoms with Gasteiger partial charge in [0.2, 0.25) is 0 Å². The molecule has 4 aromatic carbocycles. The Bertz CT molecular complexity index is 1920. The van der Waals surface area contributed by atoms with Gasteiger partial charge in [0, 0.05) is 28.0 Å². The summed E-state index contributed by atoms with van der Waals surface area (Å²) >= 11 is 2.69. The fourth-order valence-corrected chi connectivity index (χ4v) is 5.49. The Morgan fingerprint density at radius 2 is 1.53 bits per heavy atom. The maximum atomic E-state index is 13.1. The van der Waals surface area contributed by atoms with E-state index in [1.807, 2.05) is 36.6 Å². The first kappa shape index (κ1) is 29.4. The summed E-state index contributed by atoms with van der Waals surface area (Å²) < 4.78 is 14.1. The molecule has 0 bridgehead atoms. The molecule has 1 aromatic heterocycles. The zero-order chi connectivity index (χ0) is 30.4. The van der Waals surface area contributed by atoms with Gasteiger partial charge in [-0.05, 0) is 65.9 Å². The van der Waals surface area contributed by atoms with Crippen LogP contribution in [0, 0.1) is 22.7 Å². The van der Waals surface area contributed by atoms with Crippen LogP contribution in [-0.2, 0) is 21.7 Å². The van der Waals surface area contributed by atoms with Gasteiger partial charge in [-0.15, -0.1) is 11.8 Å². The van der Waals surface area contributed by atoms with E-state index in [2.05, 4.69) is 14.8 Å². The lowest BCUT2D eigenvalue weighted by Crippen LogP contribution is -2.29. The molecule has 1 atom stereocenters. The molecular weight excluding hydrogens is 581 g/mol. The highest BCUT2D eigenvalue weighted by atomic mass is 32.2. The van der Waals surface area contributed by atoms with Crippen molar-refractivity contribution in [3.05, 3.63) is 130 Å². The number of carbonyl (C=O) groups is 2. The Morgan fingerprint density at radius 3 is 2.14 bits per heavy atom. The molecule has 10 heteroatoms. The number of nitriles is 2. The van der Waals surface area contributed by atoms with E-state index >= 15 is 0 Å². The second-order valence-corrected chi connectivity index (χ2v) is 10.8. The third kappa shape index (κ3) is 6.22. The molecule has 0 radical (unpaired) electrons. The fraction of sp³-hybridized carbons (Fsp3) is 0.0909. The number of ether oxygens (including phenoxy) is 1. The number of cyclic esters (lactones) is 1. The lowest BCUT2D eigenvalue weighted by molar-refractivity contribution is -0.185. The zero-order valence-electron chi connectivity index (χ0n) is 22.7. The van der Waals surface area contributed by atoms with E-state index in [-0.39, 0.29) is 6.42 Å². The van der Waals surface area contributed by atoms with Gasteiger partial charge in [-0.3, -0.25) is 4.79 Å². The second-order valence-electron chi connectivity index (χ2n) is 9.42. The highest BCUT2D eigenvalue weighted by molar-refractivity contribution is 7.98. The van der Waals surface area contributed by atoms with Crippen molar-refractivity contribution in [3.8, 4) is 12.1 Å². The summed E-state index contributed by atoms with van der Waals surface area (Å²) in [5.41, 5.74) is 5.81. The van der Waals surface area contributed by atoms with Gasteiger partial charge in [0.15, 0.2) is 0 Å². The van der Waals surface area contributed by atoms with E-state index in [4.69, 9.17) is 15.3 Å². The predicted molar refractivity (Wildman–Crippen MR) is 164 cm³/mol. The van der Waals surface area contributed by atoms with Gasteiger partial charge in [-0.1, -0.05) is 42.5 Å². The molecule has 210 valence electrons. The van der Waals surface area contributed by atoms with Crippen LogP contribution in [0.5, 0.6) is 0 Å². The summed E-state index contributed by atoms with van der Waals surface area (Å²) in [7, 11) is 0. The van der Waals surface area contributed by atoms with Gasteiger partial charge in [0.05, 0.1) is 40.6 Å². The summed E-state index contributed by atoms with van der Waals surface area (Å²) in [4.78, 5) is 24.3. The standard InChI is InChI=1S/C25H17N3O3S2.C8H5NO/c1-32-19-9-7-18(8-10-19)25(30)20(12-15-2-4-16(14-26)5-3-15)23(24(29)31-25)17-6-11-21-22(13-17)28-33-27-21;9-5-7-1-3-8(6-10)4-2-7/h2-11,13,30H,12H2,1H3;1-4,6H. The fourth-order valence-electron chi connectivity index (χ4n) is 4.56. The van der Waals surface area contributed by atoms with Crippen LogP contribution in [0.2, 0.25) is 0 Å². The number of fused-ring (bicyclic) bond motifs is 1. The number of aromatic nitrogens is 2. The first-order valence-corrected chi connectivity index (χ1v) is 14.8. The molecule has 0 saturated heterocycles. The Kier molecular flexibility index (Phi) is 8.74. The average molecular weight is 603 g/mol. The minimum absolute atomic E-state index is 0.265. The molecular formula is C33H22N4O4S2. The van der Waals surface area contributed by atoms with Gasteiger partial charge in [0.1, 0.15) is 17.3 Å². The van der Waals surface area contributed by atoms with Crippen molar-refractivity contribution in [2.75, 3.05) is 6.26 Å². The number of hydrogen-bond acceptors (Lipinski definition) is 10. The van der Waals surface area contributed by atoms with Crippen molar-refractivity contribution in [2.24, 2.45) is 0 Å². The van der Waals surface area contributed by atoms with Crippen LogP contribution in [0.1, 0.15) is 38.2 Å². The Labute approximate surface area is 255 Å². The number of benzene rings is 4. The third-order valence-electron chi connectivity index (χ3n) is 6.82. The van der Waals surface area contributed by atoms with E-state index in [1.165, 1.54) is 0 Å². The minimum Gasteiger partial charge on any atom is -0.421 e. The summed E-state index contributed by atoms with van der Waals surface area (Å²) in [5, 5.41) is 29.2. The van der Waals surface area contributed by atoms with Crippen molar-refractivity contribution in [3.63, 3.8) is 0 Å². The van der Waals surface area contributed by atoms with E-state index in [0.717, 1.165) is 34.0 Å². The van der Waals surface area contributed by atoms with Crippen molar-refractivity contribution < 1.29 is 19.4 Å².